The van der Waals surface area contributed by atoms with Crippen molar-refractivity contribution in [2.45, 2.75) is 57.4 Å². The average molecular weight is 386 g/mol. The van der Waals surface area contributed by atoms with Crippen molar-refractivity contribution < 1.29 is 19.1 Å². The molecule has 0 saturated heterocycles. The van der Waals surface area contributed by atoms with Crippen molar-refractivity contribution in [1.29, 1.82) is 0 Å². The molecular weight excluding hydrogens is 356 g/mol. The maximum Gasteiger partial charge on any atom is 0.325 e. The zero-order valence-corrected chi connectivity index (χ0v) is 17.0. The molecule has 2 amide bonds. The highest BCUT2D eigenvalue weighted by Crippen LogP contribution is 2.49. The number of esters is 1. The van der Waals surface area contributed by atoms with E-state index in [0.717, 1.165) is 37.7 Å². The summed E-state index contributed by atoms with van der Waals surface area (Å²) in [6.45, 7) is 4.64. The van der Waals surface area contributed by atoms with Crippen molar-refractivity contribution in [3.05, 3.63) is 35.4 Å². The second kappa shape index (κ2) is 8.33. The first-order chi connectivity index (χ1) is 13.4. The highest BCUT2D eigenvalue weighted by Gasteiger charge is 2.54. The van der Waals surface area contributed by atoms with Gasteiger partial charge < -0.3 is 15.0 Å². The first-order valence-electron chi connectivity index (χ1n) is 10.2. The minimum Gasteiger partial charge on any atom is -0.468 e. The molecule has 152 valence electrons. The standard InChI is InChI=1S/C22H30N2O4/c1-15(2)14-24-21(27)17-10-6-5-9-16(17)19(20(26)23-13-18(25)28-3)22(24)11-7-4-8-12-22/h5-6,9-10,15,19H,4,7-8,11-14H2,1-3H3,(H,23,26). The molecule has 1 fully saturated rings. The maximum absolute atomic E-state index is 13.4. The molecule has 1 spiro atoms. The molecule has 0 bridgehead atoms. The fourth-order valence-electron chi connectivity index (χ4n) is 4.81. The summed E-state index contributed by atoms with van der Waals surface area (Å²) in [5, 5.41) is 2.75. The van der Waals surface area contributed by atoms with Gasteiger partial charge in [0.1, 0.15) is 6.54 Å². The number of rotatable bonds is 5. The molecule has 1 N–H and O–H groups in total. The fraction of sp³-hybridized carbons (Fsp3) is 0.591. The molecule has 1 saturated carbocycles. The number of carbonyl (C=O) groups is 3. The predicted octanol–water partition coefficient (Wildman–Crippen LogP) is 2.87. The maximum atomic E-state index is 13.4. The molecule has 1 atom stereocenters. The zero-order chi connectivity index (χ0) is 20.3. The van der Waals surface area contributed by atoms with E-state index in [-0.39, 0.29) is 18.4 Å². The van der Waals surface area contributed by atoms with Crippen molar-refractivity contribution >= 4 is 17.8 Å². The van der Waals surface area contributed by atoms with E-state index in [0.29, 0.717) is 18.0 Å². The van der Waals surface area contributed by atoms with Crippen molar-refractivity contribution in [3.63, 3.8) is 0 Å². The van der Waals surface area contributed by atoms with Crippen LogP contribution in [-0.2, 0) is 14.3 Å². The van der Waals surface area contributed by atoms with Crippen LogP contribution in [0.4, 0.5) is 0 Å². The third-order valence-corrected chi connectivity index (χ3v) is 5.99. The SMILES string of the molecule is COC(=O)CNC(=O)C1c2ccccc2C(=O)N(CC(C)C)C12CCCCC2. The monoisotopic (exact) mass is 386 g/mol. The molecule has 0 radical (unpaired) electrons. The summed E-state index contributed by atoms with van der Waals surface area (Å²) in [5.41, 5.74) is 0.836. The van der Waals surface area contributed by atoms with Crippen molar-refractivity contribution in [2.75, 3.05) is 20.2 Å². The Bertz CT molecular complexity index is 753. The van der Waals surface area contributed by atoms with Gasteiger partial charge in [-0.25, -0.2) is 0 Å². The highest BCUT2D eigenvalue weighted by molar-refractivity contribution is 6.02. The Labute approximate surface area is 166 Å². The molecule has 1 heterocycles. The molecule has 1 aliphatic heterocycles. The lowest BCUT2D eigenvalue weighted by Crippen LogP contribution is -2.63. The molecule has 0 aromatic heterocycles. The normalized spacial score (nSPS) is 20.8. The van der Waals surface area contributed by atoms with E-state index in [4.69, 9.17) is 0 Å². The van der Waals surface area contributed by atoms with Gasteiger partial charge in [0, 0.05) is 12.1 Å². The average Bonchev–Trinajstić information content (AvgIpc) is 2.70. The van der Waals surface area contributed by atoms with Crippen molar-refractivity contribution in [2.24, 2.45) is 5.92 Å². The van der Waals surface area contributed by atoms with Gasteiger partial charge in [0.15, 0.2) is 0 Å². The molecule has 2 aliphatic rings. The second-order valence-corrected chi connectivity index (χ2v) is 8.29. The number of benzene rings is 1. The van der Waals surface area contributed by atoms with Crippen LogP contribution in [0.2, 0.25) is 0 Å². The Balaban J connectivity index is 2.08. The van der Waals surface area contributed by atoms with Crippen LogP contribution in [0.3, 0.4) is 0 Å². The summed E-state index contributed by atoms with van der Waals surface area (Å²) < 4.78 is 4.67. The summed E-state index contributed by atoms with van der Waals surface area (Å²) in [7, 11) is 1.30. The summed E-state index contributed by atoms with van der Waals surface area (Å²) in [6, 6.07) is 7.41. The molecule has 6 nitrogen and oxygen atoms in total. The summed E-state index contributed by atoms with van der Waals surface area (Å²) in [5.74, 6) is -0.855. The summed E-state index contributed by atoms with van der Waals surface area (Å²) in [4.78, 5) is 40.3. The van der Waals surface area contributed by atoms with Crippen LogP contribution in [0.5, 0.6) is 0 Å². The molecular formula is C22H30N2O4. The number of carbonyl (C=O) groups excluding carboxylic acids is 3. The molecule has 28 heavy (non-hydrogen) atoms. The van der Waals surface area contributed by atoms with Crippen molar-refractivity contribution in [3.8, 4) is 0 Å². The number of nitrogens with zero attached hydrogens (tertiary/aromatic N) is 1. The number of hydrogen-bond donors (Lipinski definition) is 1. The van der Waals surface area contributed by atoms with E-state index in [1.807, 2.05) is 23.1 Å². The molecule has 1 aliphatic carbocycles. The van der Waals surface area contributed by atoms with E-state index in [1.165, 1.54) is 7.11 Å². The first kappa shape index (κ1) is 20.4. The van der Waals surface area contributed by atoms with Crippen LogP contribution >= 0.6 is 0 Å². The molecule has 1 aromatic carbocycles. The van der Waals surface area contributed by atoms with E-state index in [2.05, 4.69) is 23.9 Å². The number of methoxy groups -OCH3 is 1. The van der Waals surface area contributed by atoms with Gasteiger partial charge >= 0.3 is 5.97 Å². The van der Waals surface area contributed by atoms with E-state index in [9.17, 15) is 14.4 Å². The lowest BCUT2D eigenvalue weighted by Gasteiger charge is -2.54. The Morgan fingerprint density at radius 1 is 1.21 bits per heavy atom. The van der Waals surface area contributed by atoms with Gasteiger partial charge in [0.2, 0.25) is 5.91 Å². The zero-order valence-electron chi connectivity index (χ0n) is 17.0. The number of nitrogens with one attached hydrogen (secondary N) is 1. The largest absolute Gasteiger partial charge is 0.468 e. The molecule has 1 unspecified atom stereocenters. The van der Waals surface area contributed by atoms with Crippen LogP contribution in [0, 0.1) is 5.92 Å². The van der Waals surface area contributed by atoms with E-state index < -0.39 is 17.4 Å². The van der Waals surface area contributed by atoms with Gasteiger partial charge in [-0.1, -0.05) is 51.3 Å². The van der Waals surface area contributed by atoms with Crippen LogP contribution < -0.4 is 5.32 Å². The number of hydrogen-bond acceptors (Lipinski definition) is 4. The fourth-order valence-corrected chi connectivity index (χ4v) is 4.81. The minimum atomic E-state index is -0.534. The second-order valence-electron chi connectivity index (χ2n) is 8.29. The predicted molar refractivity (Wildman–Crippen MR) is 106 cm³/mol. The topological polar surface area (TPSA) is 75.7 Å². The third kappa shape index (κ3) is 3.64. The van der Waals surface area contributed by atoms with Gasteiger partial charge in [-0.15, -0.1) is 0 Å². The molecule has 3 rings (SSSR count). The van der Waals surface area contributed by atoms with Gasteiger partial charge in [-0.3, -0.25) is 14.4 Å². The smallest absolute Gasteiger partial charge is 0.325 e. The van der Waals surface area contributed by atoms with Gasteiger partial charge in [0.05, 0.1) is 18.6 Å². The lowest BCUT2D eigenvalue weighted by atomic mass is 9.65. The molecule has 1 aromatic rings. The minimum absolute atomic E-state index is 0.0169. The first-order valence-corrected chi connectivity index (χ1v) is 10.2. The van der Waals surface area contributed by atoms with Crippen LogP contribution in [0.1, 0.15) is 67.8 Å². The molecule has 6 heteroatoms. The number of fused-ring (bicyclic) bond motifs is 1. The quantitative estimate of drug-likeness (QED) is 0.790. The Kier molecular flexibility index (Phi) is 6.06. The Morgan fingerprint density at radius 2 is 1.89 bits per heavy atom. The third-order valence-electron chi connectivity index (χ3n) is 5.99. The van der Waals surface area contributed by atoms with Crippen LogP contribution in [-0.4, -0.2) is 48.4 Å². The number of amides is 2. The van der Waals surface area contributed by atoms with E-state index >= 15 is 0 Å². The summed E-state index contributed by atoms with van der Waals surface area (Å²) >= 11 is 0. The van der Waals surface area contributed by atoms with Gasteiger partial charge in [-0.05, 0) is 30.4 Å². The Morgan fingerprint density at radius 3 is 2.54 bits per heavy atom. The van der Waals surface area contributed by atoms with Crippen LogP contribution in [0.25, 0.3) is 0 Å². The van der Waals surface area contributed by atoms with Crippen molar-refractivity contribution in [1.82, 2.24) is 10.2 Å². The number of ether oxygens (including phenoxy) is 1. The van der Waals surface area contributed by atoms with E-state index in [1.54, 1.807) is 6.07 Å². The van der Waals surface area contributed by atoms with Gasteiger partial charge in [-0.2, -0.15) is 0 Å². The highest BCUT2D eigenvalue weighted by atomic mass is 16.5. The lowest BCUT2D eigenvalue weighted by molar-refractivity contribution is -0.142. The van der Waals surface area contributed by atoms with Crippen LogP contribution in [0.15, 0.2) is 24.3 Å². The Hall–Kier alpha value is -2.37. The summed E-state index contributed by atoms with van der Waals surface area (Å²) in [6.07, 6.45) is 4.70. The van der Waals surface area contributed by atoms with Gasteiger partial charge in [0.25, 0.3) is 5.91 Å².